The summed E-state index contributed by atoms with van der Waals surface area (Å²) in [5, 5.41) is 9.34. The van der Waals surface area contributed by atoms with Gasteiger partial charge in [0.25, 0.3) is 0 Å². The molecule has 7 nitrogen and oxygen atoms in total. The molecule has 1 saturated heterocycles. The van der Waals surface area contributed by atoms with Gasteiger partial charge in [0.2, 0.25) is 11.8 Å². The summed E-state index contributed by atoms with van der Waals surface area (Å²) < 4.78 is 6.36. The van der Waals surface area contributed by atoms with Crippen LogP contribution in [0.1, 0.15) is 51.0 Å². The van der Waals surface area contributed by atoms with Gasteiger partial charge in [-0.05, 0) is 56.2 Å². The third kappa shape index (κ3) is 5.83. The van der Waals surface area contributed by atoms with Crippen molar-refractivity contribution in [2.45, 2.75) is 57.7 Å². The SMILES string of the molecule is CCN1CCC(O[C@@H]2CC[C@H](C(=O)N3CC=C(c4ccccc4)CC3)[C@@H](C(=O)NO)C2)CC1. The van der Waals surface area contributed by atoms with E-state index in [0.29, 0.717) is 25.9 Å². The second-order valence-corrected chi connectivity index (χ2v) is 9.52. The second kappa shape index (κ2) is 11.3. The zero-order valence-electron chi connectivity index (χ0n) is 19.6. The number of piperidine rings is 1. The van der Waals surface area contributed by atoms with Gasteiger partial charge in [0.05, 0.1) is 18.1 Å². The number of ether oxygens (including phenoxy) is 1. The van der Waals surface area contributed by atoms with Gasteiger partial charge in [-0.2, -0.15) is 0 Å². The normalized spacial score (nSPS) is 27.2. The minimum Gasteiger partial charge on any atom is -0.375 e. The lowest BCUT2D eigenvalue weighted by atomic mass is 9.76. The zero-order valence-corrected chi connectivity index (χ0v) is 19.6. The van der Waals surface area contributed by atoms with Gasteiger partial charge in [-0.1, -0.05) is 43.3 Å². The van der Waals surface area contributed by atoms with Crippen LogP contribution in [0.4, 0.5) is 0 Å². The Morgan fingerprint density at radius 3 is 2.42 bits per heavy atom. The molecule has 2 heterocycles. The van der Waals surface area contributed by atoms with Crippen LogP contribution in [0.2, 0.25) is 0 Å². The van der Waals surface area contributed by atoms with Crippen molar-refractivity contribution in [3.8, 4) is 0 Å². The molecular weight excluding hydrogens is 418 g/mol. The quantitative estimate of drug-likeness (QED) is 0.509. The predicted molar refractivity (Wildman–Crippen MR) is 126 cm³/mol. The number of nitrogens with one attached hydrogen (secondary N) is 1. The number of hydrogen-bond acceptors (Lipinski definition) is 5. The lowest BCUT2D eigenvalue weighted by Crippen LogP contribution is -2.49. The summed E-state index contributed by atoms with van der Waals surface area (Å²) in [6, 6.07) is 10.2. The highest BCUT2D eigenvalue weighted by atomic mass is 16.5. The standard InChI is InChI=1S/C26H37N3O4/c1-2-28-14-12-21(13-15-28)33-22-8-9-23(24(18-22)25(30)27-32)26(31)29-16-10-20(11-17-29)19-6-4-3-5-7-19/h3-7,10,21-24,32H,2,8-9,11-18H2,1H3,(H,27,30)/t22-,23+,24+/m1/s1. The molecule has 1 aromatic carbocycles. The number of likely N-dealkylation sites (tertiary alicyclic amines) is 1. The van der Waals surface area contributed by atoms with Crippen LogP contribution in [0.25, 0.3) is 5.57 Å². The lowest BCUT2D eigenvalue weighted by molar-refractivity contribution is -0.151. The van der Waals surface area contributed by atoms with E-state index >= 15 is 0 Å². The van der Waals surface area contributed by atoms with Gasteiger partial charge in [0, 0.05) is 32.1 Å². The third-order valence-corrected chi connectivity index (χ3v) is 7.60. The highest BCUT2D eigenvalue weighted by Crippen LogP contribution is 2.35. The lowest BCUT2D eigenvalue weighted by Gasteiger charge is -2.39. The summed E-state index contributed by atoms with van der Waals surface area (Å²) in [5.74, 6) is -1.43. The van der Waals surface area contributed by atoms with Crippen molar-refractivity contribution < 1.29 is 19.5 Å². The number of carbonyl (C=O) groups excluding carboxylic acids is 2. The first kappa shape index (κ1) is 23.9. The van der Waals surface area contributed by atoms with Crippen molar-refractivity contribution in [3.05, 3.63) is 42.0 Å². The Balaban J connectivity index is 1.35. The molecule has 2 fully saturated rings. The maximum absolute atomic E-state index is 13.4. The smallest absolute Gasteiger partial charge is 0.247 e. The van der Waals surface area contributed by atoms with E-state index in [1.54, 1.807) is 5.48 Å². The molecule has 3 aliphatic rings. The Hall–Kier alpha value is -2.22. The first-order valence-corrected chi connectivity index (χ1v) is 12.4. The van der Waals surface area contributed by atoms with Crippen LogP contribution in [-0.2, 0) is 14.3 Å². The summed E-state index contributed by atoms with van der Waals surface area (Å²) >= 11 is 0. The molecule has 0 unspecified atom stereocenters. The second-order valence-electron chi connectivity index (χ2n) is 9.52. The van der Waals surface area contributed by atoms with Gasteiger partial charge in [0.15, 0.2) is 0 Å². The van der Waals surface area contributed by atoms with Crippen molar-refractivity contribution in [1.29, 1.82) is 0 Å². The van der Waals surface area contributed by atoms with Crippen LogP contribution in [0, 0.1) is 11.8 Å². The van der Waals surface area contributed by atoms with Gasteiger partial charge in [0.1, 0.15) is 0 Å². The highest BCUT2D eigenvalue weighted by molar-refractivity contribution is 5.88. The molecule has 2 amide bonds. The number of hydroxylamine groups is 1. The molecule has 7 heteroatoms. The van der Waals surface area contributed by atoms with E-state index in [2.05, 4.69) is 30.0 Å². The first-order valence-electron chi connectivity index (χ1n) is 12.4. The average molecular weight is 456 g/mol. The summed E-state index contributed by atoms with van der Waals surface area (Å²) in [5.41, 5.74) is 4.26. The van der Waals surface area contributed by atoms with Gasteiger partial charge >= 0.3 is 0 Å². The molecule has 0 radical (unpaired) electrons. The highest BCUT2D eigenvalue weighted by Gasteiger charge is 2.42. The summed E-state index contributed by atoms with van der Waals surface area (Å²) in [6.45, 7) is 6.55. The Kier molecular flexibility index (Phi) is 8.17. The van der Waals surface area contributed by atoms with Gasteiger partial charge in [-0.15, -0.1) is 0 Å². The Bertz CT molecular complexity index is 835. The van der Waals surface area contributed by atoms with Crippen LogP contribution in [0.3, 0.4) is 0 Å². The van der Waals surface area contributed by atoms with E-state index in [9.17, 15) is 14.8 Å². The fraction of sp³-hybridized carbons (Fsp3) is 0.615. The number of carbonyl (C=O) groups is 2. The first-order chi connectivity index (χ1) is 16.1. The molecule has 1 saturated carbocycles. The molecular formula is C26H37N3O4. The predicted octanol–water partition coefficient (Wildman–Crippen LogP) is 3.09. The average Bonchev–Trinajstić information content (AvgIpc) is 2.89. The maximum Gasteiger partial charge on any atom is 0.247 e. The van der Waals surface area contributed by atoms with E-state index in [0.717, 1.165) is 45.3 Å². The van der Waals surface area contributed by atoms with Crippen LogP contribution >= 0.6 is 0 Å². The molecule has 1 aliphatic carbocycles. The van der Waals surface area contributed by atoms with Crippen LogP contribution in [0.5, 0.6) is 0 Å². The van der Waals surface area contributed by atoms with Gasteiger partial charge in [-0.3, -0.25) is 14.8 Å². The van der Waals surface area contributed by atoms with Gasteiger partial charge in [-0.25, -0.2) is 5.48 Å². The zero-order chi connectivity index (χ0) is 23.2. The minimum atomic E-state index is -0.559. The monoisotopic (exact) mass is 455 g/mol. The number of benzene rings is 1. The summed E-state index contributed by atoms with van der Waals surface area (Å²) in [6.07, 6.45) is 6.99. The number of hydrogen-bond donors (Lipinski definition) is 2. The van der Waals surface area contributed by atoms with E-state index in [1.807, 2.05) is 23.1 Å². The molecule has 3 atom stereocenters. The summed E-state index contributed by atoms with van der Waals surface area (Å²) in [4.78, 5) is 30.2. The van der Waals surface area contributed by atoms with Crippen molar-refractivity contribution in [2.24, 2.45) is 11.8 Å². The van der Waals surface area contributed by atoms with Crippen molar-refractivity contribution in [2.75, 3.05) is 32.7 Å². The fourth-order valence-corrected chi connectivity index (χ4v) is 5.58. The molecule has 0 spiro atoms. The van der Waals surface area contributed by atoms with Crippen molar-refractivity contribution >= 4 is 17.4 Å². The fourth-order valence-electron chi connectivity index (χ4n) is 5.58. The van der Waals surface area contributed by atoms with Gasteiger partial charge < -0.3 is 14.5 Å². The molecule has 180 valence electrons. The van der Waals surface area contributed by atoms with E-state index in [-0.39, 0.29) is 18.1 Å². The number of rotatable bonds is 6. The van der Waals surface area contributed by atoms with Crippen molar-refractivity contribution in [1.82, 2.24) is 15.3 Å². The minimum absolute atomic E-state index is 0.0154. The third-order valence-electron chi connectivity index (χ3n) is 7.60. The van der Waals surface area contributed by atoms with Crippen LogP contribution in [-0.4, -0.2) is 71.8 Å². The number of amides is 2. The van der Waals surface area contributed by atoms with Crippen molar-refractivity contribution in [3.63, 3.8) is 0 Å². The molecule has 2 N–H and O–H groups in total. The maximum atomic E-state index is 13.4. The topological polar surface area (TPSA) is 82.1 Å². The Labute approximate surface area is 196 Å². The molecule has 4 rings (SSSR count). The molecule has 1 aromatic rings. The van der Waals surface area contributed by atoms with E-state index in [4.69, 9.17) is 4.74 Å². The van der Waals surface area contributed by atoms with Crippen LogP contribution in [0.15, 0.2) is 36.4 Å². The van der Waals surface area contributed by atoms with Crippen LogP contribution < -0.4 is 5.48 Å². The molecule has 33 heavy (non-hydrogen) atoms. The molecule has 0 bridgehead atoms. The number of nitrogens with zero attached hydrogens (tertiary/aromatic N) is 2. The van der Waals surface area contributed by atoms with E-state index in [1.165, 1.54) is 11.1 Å². The Morgan fingerprint density at radius 1 is 1.03 bits per heavy atom. The Morgan fingerprint density at radius 2 is 1.79 bits per heavy atom. The largest absolute Gasteiger partial charge is 0.375 e. The summed E-state index contributed by atoms with van der Waals surface area (Å²) in [7, 11) is 0. The molecule has 2 aliphatic heterocycles. The molecule has 0 aromatic heterocycles. The van der Waals surface area contributed by atoms with E-state index < -0.39 is 17.7 Å².